The van der Waals surface area contributed by atoms with Gasteiger partial charge in [-0.15, -0.1) is 0 Å². The van der Waals surface area contributed by atoms with Crippen LogP contribution in [0.1, 0.15) is 18.4 Å². The molecule has 3 aromatic rings. The molecule has 0 bridgehead atoms. The Bertz CT molecular complexity index is 845. The quantitative estimate of drug-likeness (QED) is 0.646. The molecule has 3 heterocycles. The van der Waals surface area contributed by atoms with Gasteiger partial charge in [0, 0.05) is 44.0 Å². The number of aromatic amines is 1. The Morgan fingerprint density at radius 3 is 2.77 bits per heavy atom. The summed E-state index contributed by atoms with van der Waals surface area (Å²) in [7, 11) is 4.31. The molecule has 1 N–H and O–H groups in total. The van der Waals surface area contributed by atoms with Gasteiger partial charge >= 0.3 is 0 Å². The third kappa shape index (κ3) is 3.68. The lowest BCUT2D eigenvalue weighted by Gasteiger charge is -2.42. The van der Waals surface area contributed by atoms with Crippen LogP contribution in [-0.4, -0.2) is 50.1 Å². The van der Waals surface area contributed by atoms with Crippen molar-refractivity contribution in [3.05, 3.63) is 48.7 Å². The lowest BCUT2D eigenvalue weighted by molar-refractivity contribution is 0.284. The molecular weight excluding hydrogens is 344 g/mol. The lowest BCUT2D eigenvalue weighted by atomic mass is 9.81. The van der Waals surface area contributed by atoms with Crippen LogP contribution in [0.3, 0.4) is 0 Å². The maximum atomic E-state index is 4.50. The molecule has 1 aliphatic rings. The van der Waals surface area contributed by atoms with Gasteiger partial charge in [-0.25, -0.2) is 14.3 Å². The summed E-state index contributed by atoms with van der Waals surface area (Å²) in [6.45, 7) is 0.954. The first-order valence-corrected chi connectivity index (χ1v) is 9.89. The van der Waals surface area contributed by atoms with E-state index >= 15 is 0 Å². The molecule has 6 nitrogen and oxygen atoms in total. The monoisotopic (exact) mass is 368 g/mol. The number of rotatable bonds is 7. The molecule has 7 heteroatoms. The highest BCUT2D eigenvalue weighted by molar-refractivity contribution is 7.96. The number of fused-ring (bicyclic) bond motifs is 1. The molecule has 0 unspecified atom stereocenters. The predicted octanol–water partition coefficient (Wildman–Crippen LogP) is 3.35. The minimum atomic E-state index is 0.569. The highest BCUT2D eigenvalue weighted by Crippen LogP contribution is 2.37. The first-order valence-electron chi connectivity index (χ1n) is 8.94. The van der Waals surface area contributed by atoms with Gasteiger partial charge < -0.3 is 9.88 Å². The van der Waals surface area contributed by atoms with Crippen LogP contribution in [0.25, 0.3) is 11.0 Å². The average Bonchev–Trinajstić information content (AvgIpc) is 3.09. The van der Waals surface area contributed by atoms with Crippen LogP contribution in [0, 0.1) is 5.92 Å². The van der Waals surface area contributed by atoms with E-state index in [2.05, 4.69) is 61.4 Å². The largest absolute Gasteiger partial charge is 0.356 e. The van der Waals surface area contributed by atoms with Crippen molar-refractivity contribution < 1.29 is 0 Å². The van der Waals surface area contributed by atoms with Gasteiger partial charge in [0.25, 0.3) is 0 Å². The topological polar surface area (TPSA) is 60.9 Å². The van der Waals surface area contributed by atoms with Crippen LogP contribution in [0.4, 0.5) is 5.82 Å². The van der Waals surface area contributed by atoms with E-state index in [9.17, 15) is 0 Å². The van der Waals surface area contributed by atoms with Crippen molar-refractivity contribution >= 4 is 28.8 Å². The first-order chi connectivity index (χ1) is 12.7. The maximum absolute atomic E-state index is 4.50. The molecule has 136 valence electrons. The Hall–Kier alpha value is -2.12. The second-order valence-corrected chi connectivity index (χ2v) is 8.19. The highest BCUT2D eigenvalue weighted by Gasteiger charge is 2.33. The summed E-state index contributed by atoms with van der Waals surface area (Å²) in [6.07, 6.45) is 9.73. The summed E-state index contributed by atoms with van der Waals surface area (Å²) in [5.41, 5.74) is 2.21. The van der Waals surface area contributed by atoms with E-state index in [0.717, 1.165) is 29.3 Å². The molecule has 1 fully saturated rings. The molecule has 4 rings (SSSR count). The minimum absolute atomic E-state index is 0.569. The maximum Gasteiger partial charge on any atom is 0.142 e. The van der Waals surface area contributed by atoms with Crippen molar-refractivity contribution in [3.8, 4) is 0 Å². The molecule has 3 aromatic heterocycles. The van der Waals surface area contributed by atoms with Gasteiger partial charge in [-0.3, -0.25) is 4.98 Å². The van der Waals surface area contributed by atoms with E-state index in [1.54, 1.807) is 6.33 Å². The molecule has 1 aliphatic carbocycles. The fourth-order valence-corrected chi connectivity index (χ4v) is 4.47. The third-order valence-corrected chi connectivity index (χ3v) is 6.30. The predicted molar refractivity (Wildman–Crippen MR) is 107 cm³/mol. The van der Waals surface area contributed by atoms with E-state index in [-0.39, 0.29) is 0 Å². The molecule has 0 aliphatic heterocycles. The normalized spacial score (nSPS) is 19.7. The Morgan fingerprint density at radius 1 is 1.15 bits per heavy atom. The zero-order chi connectivity index (χ0) is 17.9. The molecule has 0 radical (unpaired) electrons. The first kappa shape index (κ1) is 17.3. The van der Waals surface area contributed by atoms with Crippen molar-refractivity contribution in [2.75, 3.05) is 24.7 Å². The van der Waals surface area contributed by atoms with Gasteiger partial charge in [0.05, 0.1) is 5.39 Å². The van der Waals surface area contributed by atoms with Crippen molar-refractivity contribution in [2.24, 2.45) is 5.92 Å². The second-order valence-electron chi connectivity index (χ2n) is 6.98. The van der Waals surface area contributed by atoms with Gasteiger partial charge in [-0.2, -0.15) is 0 Å². The number of hydrogen-bond acceptors (Lipinski definition) is 6. The fourth-order valence-electron chi connectivity index (χ4n) is 3.49. The van der Waals surface area contributed by atoms with Gasteiger partial charge in [-0.05, 0) is 49.6 Å². The summed E-state index contributed by atoms with van der Waals surface area (Å²) >= 11 is 1.93. The van der Waals surface area contributed by atoms with Crippen molar-refractivity contribution in [1.82, 2.24) is 24.2 Å². The summed E-state index contributed by atoms with van der Waals surface area (Å²) in [5, 5.41) is 1.10. The molecule has 26 heavy (non-hydrogen) atoms. The number of hydrogen-bond donors (Lipinski definition) is 1. The Balaban J connectivity index is 1.26. The number of pyridine rings is 1. The zero-order valence-electron chi connectivity index (χ0n) is 15.2. The molecule has 0 aromatic carbocycles. The summed E-state index contributed by atoms with van der Waals surface area (Å²) < 4.78 is 2.32. The van der Waals surface area contributed by atoms with E-state index < -0.39 is 0 Å². The van der Waals surface area contributed by atoms with E-state index in [1.807, 2.05) is 30.5 Å². The Labute approximate surface area is 158 Å². The SMILES string of the molecule is CN(Cc1ccncc1)SCC1CC(N(C)c2ncnc3[nH]ccc23)C1. The molecule has 0 atom stereocenters. The summed E-state index contributed by atoms with van der Waals surface area (Å²) in [5.74, 6) is 2.98. The molecule has 1 saturated carbocycles. The number of nitrogens with zero attached hydrogens (tertiary/aromatic N) is 5. The van der Waals surface area contributed by atoms with E-state index in [1.165, 1.54) is 24.2 Å². The van der Waals surface area contributed by atoms with Gasteiger partial charge in [0.15, 0.2) is 0 Å². The number of H-pyrrole nitrogens is 1. The average molecular weight is 369 g/mol. The standard InChI is InChI=1S/C19H24N6S/c1-24(11-14-3-6-20-7-4-14)26-12-15-9-16(10-15)25(2)19-17-5-8-21-18(17)22-13-23-19/h3-8,13,15-16H,9-12H2,1-2H3,(H,21,22,23). The van der Waals surface area contributed by atoms with Gasteiger partial charge in [0.2, 0.25) is 0 Å². The highest BCUT2D eigenvalue weighted by atomic mass is 32.2. The van der Waals surface area contributed by atoms with E-state index in [0.29, 0.717) is 6.04 Å². The third-order valence-electron chi connectivity index (χ3n) is 5.11. The Kier molecular flexibility index (Phi) is 5.08. The fraction of sp³-hybridized carbons (Fsp3) is 0.421. The minimum Gasteiger partial charge on any atom is -0.356 e. The Morgan fingerprint density at radius 2 is 1.96 bits per heavy atom. The summed E-state index contributed by atoms with van der Waals surface area (Å²) in [6, 6.07) is 6.78. The summed E-state index contributed by atoms with van der Waals surface area (Å²) in [4.78, 5) is 18.3. The van der Waals surface area contributed by atoms with Crippen molar-refractivity contribution in [1.29, 1.82) is 0 Å². The van der Waals surface area contributed by atoms with Gasteiger partial charge in [0.1, 0.15) is 17.8 Å². The van der Waals surface area contributed by atoms with Crippen LogP contribution in [0.15, 0.2) is 43.1 Å². The zero-order valence-corrected chi connectivity index (χ0v) is 16.0. The van der Waals surface area contributed by atoms with Crippen LogP contribution in [0.2, 0.25) is 0 Å². The van der Waals surface area contributed by atoms with Crippen LogP contribution < -0.4 is 4.90 Å². The lowest BCUT2D eigenvalue weighted by Crippen LogP contribution is -2.44. The number of anilines is 1. The number of nitrogens with one attached hydrogen (secondary N) is 1. The van der Waals surface area contributed by atoms with Crippen molar-refractivity contribution in [2.45, 2.75) is 25.4 Å². The number of aromatic nitrogens is 4. The molecule has 0 amide bonds. The second kappa shape index (κ2) is 7.63. The van der Waals surface area contributed by atoms with E-state index in [4.69, 9.17) is 0 Å². The smallest absolute Gasteiger partial charge is 0.142 e. The van der Waals surface area contributed by atoms with Gasteiger partial charge in [-0.1, -0.05) is 11.9 Å². The van der Waals surface area contributed by atoms with Crippen LogP contribution >= 0.6 is 11.9 Å². The van der Waals surface area contributed by atoms with Crippen molar-refractivity contribution in [3.63, 3.8) is 0 Å². The molecular formula is C19H24N6S. The molecule has 0 saturated heterocycles. The molecule has 0 spiro atoms. The van der Waals surface area contributed by atoms with Crippen LogP contribution in [-0.2, 0) is 6.54 Å². The van der Waals surface area contributed by atoms with Crippen LogP contribution in [0.5, 0.6) is 0 Å².